The quantitative estimate of drug-likeness (QED) is 0.734. The molecule has 0 aromatic carbocycles. The van der Waals surface area contributed by atoms with Crippen LogP contribution in [0.25, 0.3) is 0 Å². The first-order chi connectivity index (χ1) is 7.48. The highest BCUT2D eigenvalue weighted by Gasteiger charge is 2.33. The molecule has 1 saturated carbocycles. The molecule has 0 N–H and O–H groups in total. The first-order valence-electron chi connectivity index (χ1n) is 6.28. The van der Waals surface area contributed by atoms with E-state index in [0.29, 0.717) is 13.0 Å². The average Bonchev–Trinajstić information content (AvgIpc) is 3.03. The van der Waals surface area contributed by atoms with Crippen molar-refractivity contribution in [3.8, 4) is 0 Å². The Morgan fingerprint density at radius 3 is 2.69 bits per heavy atom. The minimum absolute atomic E-state index is 0.166. The smallest absolute Gasteiger partial charge is 0.222 e. The van der Waals surface area contributed by atoms with Crippen LogP contribution >= 0.6 is 0 Å². The van der Waals surface area contributed by atoms with Gasteiger partial charge >= 0.3 is 0 Å². The number of hydrogen-bond acceptors (Lipinski definition) is 2. The predicted octanol–water partition coefficient (Wildman–Crippen LogP) is 2.00. The van der Waals surface area contributed by atoms with E-state index in [9.17, 15) is 9.59 Å². The Bertz CT molecular complexity index is 305. The number of nitrogens with zero attached hydrogens (tertiary/aromatic N) is 1. The van der Waals surface area contributed by atoms with Crippen LogP contribution in [0.5, 0.6) is 0 Å². The molecule has 2 fully saturated rings. The fraction of sp³-hybridized carbons (Fsp3) is 0.846. The molecule has 2 aliphatic rings. The monoisotopic (exact) mass is 223 g/mol. The molecule has 3 nitrogen and oxygen atoms in total. The van der Waals surface area contributed by atoms with Crippen LogP contribution in [0, 0.1) is 11.3 Å². The van der Waals surface area contributed by atoms with E-state index in [0.717, 1.165) is 32.2 Å². The maximum atomic E-state index is 11.9. The van der Waals surface area contributed by atoms with Crippen molar-refractivity contribution in [3.63, 3.8) is 0 Å². The van der Waals surface area contributed by atoms with Crippen molar-refractivity contribution in [2.45, 2.75) is 46.0 Å². The van der Waals surface area contributed by atoms with Crippen molar-refractivity contribution in [1.29, 1.82) is 0 Å². The first-order valence-corrected chi connectivity index (χ1v) is 6.28. The van der Waals surface area contributed by atoms with Gasteiger partial charge in [0.05, 0.1) is 6.54 Å². The summed E-state index contributed by atoms with van der Waals surface area (Å²) in [6.07, 6.45) is 4.63. The van der Waals surface area contributed by atoms with Gasteiger partial charge in [-0.15, -0.1) is 0 Å². The topological polar surface area (TPSA) is 37.4 Å². The highest BCUT2D eigenvalue weighted by Crippen LogP contribution is 2.32. The van der Waals surface area contributed by atoms with Gasteiger partial charge in [-0.2, -0.15) is 0 Å². The lowest BCUT2D eigenvalue weighted by Crippen LogP contribution is -2.36. The molecule has 0 unspecified atom stereocenters. The maximum absolute atomic E-state index is 11.9. The summed E-state index contributed by atoms with van der Waals surface area (Å²) in [6.45, 7) is 5.52. The second-order valence-electron chi connectivity index (χ2n) is 5.97. The van der Waals surface area contributed by atoms with Gasteiger partial charge in [0, 0.05) is 18.9 Å². The number of ketones is 1. The van der Waals surface area contributed by atoms with Gasteiger partial charge in [-0.3, -0.25) is 9.59 Å². The highest BCUT2D eigenvalue weighted by atomic mass is 16.2. The first kappa shape index (κ1) is 11.6. The molecule has 90 valence electrons. The van der Waals surface area contributed by atoms with Crippen molar-refractivity contribution >= 4 is 11.7 Å². The lowest BCUT2D eigenvalue weighted by molar-refractivity contribution is -0.135. The summed E-state index contributed by atoms with van der Waals surface area (Å²) in [5.41, 5.74) is 0.243. The fourth-order valence-electron chi connectivity index (χ4n) is 2.18. The maximum Gasteiger partial charge on any atom is 0.222 e. The van der Waals surface area contributed by atoms with Crippen LogP contribution in [0.3, 0.4) is 0 Å². The number of hydrogen-bond donors (Lipinski definition) is 0. The molecule has 0 bridgehead atoms. The van der Waals surface area contributed by atoms with E-state index < -0.39 is 0 Å². The Labute approximate surface area is 97.2 Å². The van der Waals surface area contributed by atoms with Gasteiger partial charge in [0.25, 0.3) is 0 Å². The number of Topliss-reactive ketones (excluding diaryl/α,β-unsaturated/α-hetero) is 1. The van der Waals surface area contributed by atoms with Gasteiger partial charge in [-0.25, -0.2) is 0 Å². The summed E-state index contributed by atoms with van der Waals surface area (Å²) in [6, 6.07) is 0. The van der Waals surface area contributed by atoms with Gasteiger partial charge in [-0.05, 0) is 31.1 Å². The van der Waals surface area contributed by atoms with E-state index >= 15 is 0 Å². The summed E-state index contributed by atoms with van der Waals surface area (Å²) in [5, 5.41) is 0. The van der Waals surface area contributed by atoms with Crippen molar-refractivity contribution in [3.05, 3.63) is 0 Å². The van der Waals surface area contributed by atoms with Crippen LogP contribution < -0.4 is 0 Å². The standard InChI is InChI=1S/C13H21NO2/c1-13(2)6-5-12(16)14(8-7-13)9-11(15)10-3-4-10/h10H,3-9H2,1-2H3. The summed E-state index contributed by atoms with van der Waals surface area (Å²) in [7, 11) is 0. The Kier molecular flexibility index (Phi) is 3.04. The van der Waals surface area contributed by atoms with E-state index in [1.165, 1.54) is 0 Å². The average molecular weight is 223 g/mol. The second-order valence-corrected chi connectivity index (χ2v) is 5.97. The van der Waals surface area contributed by atoms with E-state index in [1.54, 1.807) is 4.90 Å². The molecule has 0 aromatic heterocycles. The third kappa shape index (κ3) is 2.83. The molecule has 0 aromatic rings. The zero-order valence-electron chi connectivity index (χ0n) is 10.3. The molecule has 1 aliphatic heterocycles. The Balaban J connectivity index is 1.92. The van der Waals surface area contributed by atoms with Crippen molar-refractivity contribution in [2.24, 2.45) is 11.3 Å². The van der Waals surface area contributed by atoms with Crippen LogP contribution in [0.2, 0.25) is 0 Å². The molecule has 2 rings (SSSR count). The van der Waals surface area contributed by atoms with Crippen molar-refractivity contribution in [1.82, 2.24) is 4.90 Å². The van der Waals surface area contributed by atoms with E-state index in [1.807, 2.05) is 0 Å². The second kappa shape index (κ2) is 4.19. The summed E-state index contributed by atoms with van der Waals surface area (Å²) in [5.74, 6) is 0.705. The molecule has 0 spiro atoms. The molecular formula is C13H21NO2. The lowest BCUT2D eigenvalue weighted by Gasteiger charge is -2.23. The number of carbonyl (C=O) groups is 2. The van der Waals surface area contributed by atoms with E-state index in [-0.39, 0.29) is 23.0 Å². The Morgan fingerprint density at radius 1 is 1.38 bits per heavy atom. The van der Waals surface area contributed by atoms with Crippen molar-refractivity contribution < 1.29 is 9.59 Å². The van der Waals surface area contributed by atoms with Crippen LogP contribution in [-0.4, -0.2) is 29.7 Å². The van der Waals surface area contributed by atoms with Gasteiger partial charge < -0.3 is 4.90 Å². The van der Waals surface area contributed by atoms with E-state index in [4.69, 9.17) is 0 Å². The third-order valence-electron chi connectivity index (χ3n) is 3.81. The van der Waals surface area contributed by atoms with Gasteiger partial charge in [0.2, 0.25) is 5.91 Å². The number of likely N-dealkylation sites (tertiary alicyclic amines) is 1. The molecule has 1 amide bonds. The van der Waals surface area contributed by atoms with Gasteiger partial charge in [0.1, 0.15) is 0 Å². The highest BCUT2D eigenvalue weighted by molar-refractivity contribution is 5.89. The fourth-order valence-corrected chi connectivity index (χ4v) is 2.18. The molecule has 3 heteroatoms. The zero-order valence-corrected chi connectivity index (χ0v) is 10.3. The Hall–Kier alpha value is -0.860. The van der Waals surface area contributed by atoms with Crippen molar-refractivity contribution in [2.75, 3.05) is 13.1 Å². The molecule has 1 saturated heterocycles. The van der Waals surface area contributed by atoms with Crippen LogP contribution in [0.4, 0.5) is 0 Å². The molecule has 0 atom stereocenters. The summed E-state index contributed by atoms with van der Waals surface area (Å²) >= 11 is 0. The van der Waals surface area contributed by atoms with Gasteiger partial charge in [0.15, 0.2) is 5.78 Å². The lowest BCUT2D eigenvalue weighted by atomic mass is 9.85. The van der Waals surface area contributed by atoms with Crippen LogP contribution in [0.15, 0.2) is 0 Å². The third-order valence-corrected chi connectivity index (χ3v) is 3.81. The predicted molar refractivity (Wildman–Crippen MR) is 61.9 cm³/mol. The van der Waals surface area contributed by atoms with Crippen LogP contribution in [-0.2, 0) is 9.59 Å². The minimum atomic E-state index is 0.166. The zero-order chi connectivity index (χ0) is 11.8. The van der Waals surface area contributed by atoms with Gasteiger partial charge in [-0.1, -0.05) is 13.8 Å². The van der Waals surface area contributed by atoms with Crippen LogP contribution in [0.1, 0.15) is 46.0 Å². The molecule has 1 aliphatic carbocycles. The molecule has 16 heavy (non-hydrogen) atoms. The normalized spacial score (nSPS) is 25.4. The molecular weight excluding hydrogens is 202 g/mol. The summed E-state index contributed by atoms with van der Waals surface area (Å²) in [4.78, 5) is 25.3. The molecule has 1 heterocycles. The number of carbonyl (C=O) groups excluding carboxylic acids is 2. The number of rotatable bonds is 3. The largest absolute Gasteiger partial charge is 0.335 e. The number of amides is 1. The SMILES string of the molecule is CC1(C)CCC(=O)N(CC(=O)C2CC2)CC1. The van der Waals surface area contributed by atoms with E-state index in [2.05, 4.69) is 13.8 Å². The molecule has 0 radical (unpaired) electrons. The summed E-state index contributed by atoms with van der Waals surface area (Å²) < 4.78 is 0. The Morgan fingerprint density at radius 2 is 2.06 bits per heavy atom. The minimum Gasteiger partial charge on any atom is -0.335 e.